The molecule has 0 saturated heterocycles. The number of rotatable bonds is 1. The van der Waals surface area contributed by atoms with E-state index in [2.05, 4.69) is 14.8 Å². The third kappa shape index (κ3) is 2.44. The standard InChI is InChI=1S/C15H15BrF4S/c16-21(15(18,19)20)13(10-4-2-1-3-5-10)8-11-6-7-12(17)9-14(11)21/h6-10H,1-5H2. The lowest BCUT2D eigenvalue weighted by Gasteiger charge is -2.39. The average Bonchev–Trinajstić information content (AvgIpc) is 2.74. The first kappa shape index (κ1) is 15.4. The maximum atomic E-state index is 13.8. The van der Waals surface area contributed by atoms with Crippen molar-refractivity contribution in [3.8, 4) is 0 Å². The van der Waals surface area contributed by atoms with E-state index in [1.54, 1.807) is 6.08 Å². The Hall–Kier alpha value is -0.490. The fourth-order valence-electron chi connectivity index (χ4n) is 3.23. The molecule has 1 aromatic rings. The van der Waals surface area contributed by atoms with E-state index in [4.69, 9.17) is 0 Å². The van der Waals surface area contributed by atoms with E-state index >= 15 is 0 Å². The van der Waals surface area contributed by atoms with Gasteiger partial charge in [-0.15, -0.1) is 0 Å². The van der Waals surface area contributed by atoms with Gasteiger partial charge in [0.05, 0.1) is 0 Å². The van der Waals surface area contributed by atoms with Crippen LogP contribution in [-0.4, -0.2) is 5.51 Å². The van der Waals surface area contributed by atoms with Gasteiger partial charge < -0.3 is 0 Å². The number of halogens is 5. The molecule has 3 rings (SSSR count). The second-order valence-electron chi connectivity index (χ2n) is 5.55. The highest BCUT2D eigenvalue weighted by Crippen LogP contribution is 2.82. The van der Waals surface area contributed by atoms with Gasteiger partial charge in [0.15, 0.2) is 0 Å². The molecule has 6 heteroatoms. The van der Waals surface area contributed by atoms with E-state index < -0.39 is 19.8 Å². The molecule has 1 aliphatic heterocycles. The number of fused-ring (bicyclic) bond motifs is 1. The summed E-state index contributed by atoms with van der Waals surface area (Å²) in [6.45, 7) is 0. The molecule has 0 spiro atoms. The van der Waals surface area contributed by atoms with Gasteiger partial charge in [-0.25, -0.2) is 4.39 Å². The van der Waals surface area contributed by atoms with Crippen LogP contribution >= 0.6 is 23.3 Å². The fraction of sp³-hybridized carbons (Fsp3) is 0.467. The molecule has 2 aliphatic rings. The van der Waals surface area contributed by atoms with Crippen LogP contribution in [0.15, 0.2) is 28.0 Å². The van der Waals surface area contributed by atoms with Gasteiger partial charge in [-0.05, 0) is 70.7 Å². The van der Waals surface area contributed by atoms with Crippen LogP contribution in [-0.2, 0) is 0 Å². The second-order valence-corrected chi connectivity index (χ2v) is 10.9. The highest BCUT2D eigenvalue weighted by molar-refractivity contribution is 9.59. The zero-order valence-electron chi connectivity index (χ0n) is 11.2. The van der Waals surface area contributed by atoms with Gasteiger partial charge in [0, 0.05) is 4.90 Å². The summed E-state index contributed by atoms with van der Waals surface area (Å²) in [5.74, 6) is -0.669. The molecule has 1 atom stereocenters. The van der Waals surface area contributed by atoms with Crippen LogP contribution < -0.4 is 0 Å². The molecule has 0 radical (unpaired) electrons. The highest BCUT2D eigenvalue weighted by Gasteiger charge is 2.56. The van der Waals surface area contributed by atoms with E-state index in [9.17, 15) is 17.6 Å². The van der Waals surface area contributed by atoms with E-state index in [1.807, 2.05) is 0 Å². The van der Waals surface area contributed by atoms with Crippen LogP contribution in [0.4, 0.5) is 17.6 Å². The minimum atomic E-state index is -4.41. The minimum Gasteiger partial charge on any atom is -0.207 e. The van der Waals surface area contributed by atoms with E-state index in [1.165, 1.54) is 12.1 Å². The summed E-state index contributed by atoms with van der Waals surface area (Å²) in [6, 6.07) is 3.72. The molecule has 0 aromatic heterocycles. The molecule has 0 nitrogen and oxygen atoms in total. The number of hydrogen-bond acceptors (Lipinski definition) is 0. The van der Waals surface area contributed by atoms with Crippen molar-refractivity contribution in [2.45, 2.75) is 42.5 Å². The van der Waals surface area contributed by atoms with Gasteiger partial charge in [-0.3, -0.25) is 0 Å². The smallest absolute Gasteiger partial charge is 0.207 e. The topological polar surface area (TPSA) is 0 Å². The van der Waals surface area contributed by atoms with Crippen LogP contribution in [0.1, 0.15) is 37.7 Å². The minimum absolute atomic E-state index is 0.0507. The fourth-order valence-corrected chi connectivity index (χ4v) is 7.62. The normalized spacial score (nSPS) is 29.7. The monoisotopic (exact) mass is 382 g/mol. The Labute approximate surface area is 130 Å². The lowest BCUT2D eigenvalue weighted by Crippen LogP contribution is -2.20. The summed E-state index contributed by atoms with van der Waals surface area (Å²) in [6.07, 6.45) is 6.24. The molecule has 0 N–H and O–H groups in total. The zero-order valence-corrected chi connectivity index (χ0v) is 13.6. The van der Waals surface area contributed by atoms with Crippen LogP contribution in [0.5, 0.6) is 0 Å². The third-order valence-corrected chi connectivity index (χ3v) is 10.2. The highest BCUT2D eigenvalue weighted by atomic mass is 79.9. The number of alkyl halides is 3. The van der Waals surface area contributed by atoms with Crippen molar-refractivity contribution in [3.63, 3.8) is 0 Å². The van der Waals surface area contributed by atoms with Crippen molar-refractivity contribution in [1.29, 1.82) is 0 Å². The third-order valence-electron chi connectivity index (χ3n) is 4.23. The lowest BCUT2D eigenvalue weighted by atomic mass is 9.88. The molecular formula is C15H15BrF4S. The Morgan fingerprint density at radius 3 is 2.38 bits per heavy atom. The predicted octanol–water partition coefficient (Wildman–Crippen LogP) is 6.75. The van der Waals surface area contributed by atoms with Crippen molar-refractivity contribution in [2.75, 3.05) is 0 Å². The van der Waals surface area contributed by atoms with E-state index in [-0.39, 0.29) is 10.8 Å². The van der Waals surface area contributed by atoms with Gasteiger partial charge in [0.2, 0.25) is 0 Å². The van der Waals surface area contributed by atoms with Gasteiger partial charge in [-0.1, -0.05) is 25.3 Å². The van der Waals surface area contributed by atoms with Gasteiger partial charge in [0.25, 0.3) is 0 Å². The van der Waals surface area contributed by atoms with Crippen LogP contribution in [0.2, 0.25) is 0 Å². The molecule has 1 saturated carbocycles. The lowest BCUT2D eigenvalue weighted by molar-refractivity contribution is -0.0357. The summed E-state index contributed by atoms with van der Waals surface area (Å²) in [7, 11) is -3.31. The van der Waals surface area contributed by atoms with Crippen LogP contribution in [0, 0.1) is 11.7 Å². The Morgan fingerprint density at radius 2 is 1.76 bits per heavy atom. The van der Waals surface area contributed by atoms with E-state index in [0.717, 1.165) is 38.2 Å². The largest absolute Gasteiger partial charge is 0.442 e. The van der Waals surface area contributed by atoms with Gasteiger partial charge >= 0.3 is 5.51 Å². The van der Waals surface area contributed by atoms with Crippen molar-refractivity contribution >= 4 is 29.4 Å². The summed E-state index contributed by atoms with van der Waals surface area (Å²) >= 11 is 3.02. The average molecular weight is 383 g/mol. The molecule has 1 fully saturated rings. The summed E-state index contributed by atoms with van der Waals surface area (Å²) in [4.78, 5) is 0.492. The van der Waals surface area contributed by atoms with E-state index in [0.29, 0.717) is 10.5 Å². The molecule has 21 heavy (non-hydrogen) atoms. The molecular weight excluding hydrogens is 368 g/mol. The maximum absolute atomic E-state index is 13.8. The zero-order chi connectivity index (χ0) is 15.3. The quantitative estimate of drug-likeness (QED) is 0.471. The molecule has 1 heterocycles. The number of allylic oxidation sites excluding steroid dienone is 1. The molecule has 116 valence electrons. The SMILES string of the molecule is Fc1ccc2c(c1)S(Br)(C(F)(F)F)C(C1CCCCC1)=C2. The first-order chi connectivity index (χ1) is 9.84. The van der Waals surface area contributed by atoms with Crippen molar-refractivity contribution in [3.05, 3.63) is 34.5 Å². The maximum Gasteiger partial charge on any atom is 0.442 e. The van der Waals surface area contributed by atoms with Crippen molar-refractivity contribution < 1.29 is 17.6 Å². The van der Waals surface area contributed by atoms with Crippen molar-refractivity contribution in [2.24, 2.45) is 5.92 Å². The Kier molecular flexibility index (Phi) is 3.89. The van der Waals surface area contributed by atoms with Crippen LogP contribution in [0.3, 0.4) is 0 Å². The summed E-state index contributed by atoms with van der Waals surface area (Å²) in [5.41, 5.74) is -3.91. The Morgan fingerprint density at radius 1 is 1.10 bits per heavy atom. The first-order valence-electron chi connectivity index (χ1n) is 6.94. The Balaban J connectivity index is 2.11. The molecule has 1 aliphatic carbocycles. The summed E-state index contributed by atoms with van der Waals surface area (Å²) < 4.78 is 54.8. The van der Waals surface area contributed by atoms with Gasteiger partial charge in [0.1, 0.15) is 5.82 Å². The molecule has 0 bridgehead atoms. The van der Waals surface area contributed by atoms with Crippen LogP contribution in [0.25, 0.3) is 6.08 Å². The summed E-state index contributed by atoms with van der Waals surface area (Å²) in [5, 5.41) is 0. The number of hydrogen-bond donors (Lipinski definition) is 0. The first-order valence-corrected chi connectivity index (χ1v) is 10.4. The second kappa shape index (κ2) is 5.30. The van der Waals surface area contributed by atoms with Crippen molar-refractivity contribution in [1.82, 2.24) is 0 Å². The van der Waals surface area contributed by atoms with Gasteiger partial charge in [-0.2, -0.15) is 13.2 Å². The molecule has 0 amide bonds. The Bertz CT molecular complexity index is 590. The number of benzene rings is 1. The molecule has 1 unspecified atom stereocenters. The predicted molar refractivity (Wildman–Crippen MR) is 81.8 cm³/mol. The molecule has 1 aromatic carbocycles.